The van der Waals surface area contributed by atoms with Crippen LogP contribution in [0.15, 0.2) is 0 Å². The number of esters is 1. The lowest BCUT2D eigenvalue weighted by molar-refractivity contribution is -0.154. The van der Waals surface area contributed by atoms with E-state index in [1.807, 2.05) is 0 Å². The summed E-state index contributed by atoms with van der Waals surface area (Å²) < 4.78 is 38.2. The van der Waals surface area contributed by atoms with Gasteiger partial charge in [-0.05, 0) is 13.8 Å². The number of ether oxygens (including phenoxy) is 1. The lowest BCUT2D eigenvalue weighted by atomic mass is 10.2. The van der Waals surface area contributed by atoms with Gasteiger partial charge in [0, 0.05) is 6.85 Å². The zero-order valence-electron chi connectivity index (χ0n) is 10.8. The zero-order valence-corrected chi connectivity index (χ0v) is 5.84. The molecule has 0 amide bonds. The number of hydrogen-bond acceptors (Lipinski definition) is 4. The molecule has 0 spiro atoms. The third-order valence-electron chi connectivity index (χ3n) is 0.688. The van der Waals surface area contributed by atoms with Gasteiger partial charge in [-0.1, -0.05) is 0 Å². The van der Waals surface area contributed by atoms with Crippen LogP contribution in [0, 0.1) is 0 Å². The lowest BCUT2D eigenvalue weighted by Gasteiger charge is -1.97. The highest BCUT2D eigenvalue weighted by Crippen LogP contribution is 1.88. The van der Waals surface area contributed by atoms with E-state index >= 15 is 0 Å². The van der Waals surface area contributed by atoms with E-state index in [-0.39, 0.29) is 6.61 Å². The maximum absolute atomic E-state index is 11.1. The van der Waals surface area contributed by atoms with E-state index in [1.165, 1.54) is 6.92 Å². The van der Waals surface area contributed by atoms with Crippen molar-refractivity contribution in [2.45, 2.75) is 20.1 Å². The standard InChI is InChI=1S/C7H10O4/c1-3-11-7(10)6(9)4-5(2)8/h3-4H2,1-2H3/i2D3,4D2. The first kappa shape index (κ1) is 3.99. The molecule has 0 aliphatic carbocycles. The van der Waals surface area contributed by atoms with Crippen LogP contribution in [-0.4, -0.2) is 24.1 Å². The van der Waals surface area contributed by atoms with Gasteiger partial charge in [0.2, 0.25) is 5.78 Å². The van der Waals surface area contributed by atoms with Crippen molar-refractivity contribution in [2.24, 2.45) is 0 Å². The lowest BCUT2D eigenvalue weighted by Crippen LogP contribution is -2.19. The van der Waals surface area contributed by atoms with Gasteiger partial charge in [0.25, 0.3) is 0 Å². The van der Waals surface area contributed by atoms with Crippen LogP contribution in [0.5, 0.6) is 0 Å². The minimum atomic E-state index is -3.39. The zero-order chi connectivity index (χ0) is 13.1. The Hall–Kier alpha value is -1.19. The molecule has 0 bridgehead atoms. The largest absolute Gasteiger partial charge is 0.460 e. The van der Waals surface area contributed by atoms with E-state index in [0.29, 0.717) is 0 Å². The van der Waals surface area contributed by atoms with Gasteiger partial charge < -0.3 is 4.74 Å². The van der Waals surface area contributed by atoms with Gasteiger partial charge in [0.1, 0.15) is 5.78 Å². The van der Waals surface area contributed by atoms with Crippen molar-refractivity contribution in [3.63, 3.8) is 0 Å². The molecule has 0 saturated carbocycles. The van der Waals surface area contributed by atoms with Crippen molar-refractivity contribution in [1.82, 2.24) is 0 Å². The summed E-state index contributed by atoms with van der Waals surface area (Å²) in [6.45, 7) is -2.08. The fourth-order valence-corrected chi connectivity index (χ4v) is 0.351. The van der Waals surface area contributed by atoms with E-state index in [4.69, 9.17) is 6.85 Å². The van der Waals surface area contributed by atoms with Gasteiger partial charge >= 0.3 is 5.97 Å². The molecule has 0 aliphatic heterocycles. The Morgan fingerprint density at radius 1 is 1.55 bits per heavy atom. The second-order valence-electron chi connectivity index (χ2n) is 1.50. The van der Waals surface area contributed by atoms with E-state index in [0.717, 1.165) is 0 Å². The van der Waals surface area contributed by atoms with E-state index in [9.17, 15) is 14.4 Å². The van der Waals surface area contributed by atoms with Crippen LogP contribution in [0.2, 0.25) is 0 Å². The highest BCUT2D eigenvalue weighted by Gasteiger charge is 2.15. The number of carbonyl (C=O) groups excluding carboxylic acids is 3. The van der Waals surface area contributed by atoms with Gasteiger partial charge in [0.15, 0.2) is 0 Å². The van der Waals surface area contributed by atoms with E-state index < -0.39 is 30.8 Å². The first-order valence-electron chi connectivity index (χ1n) is 5.31. The average molecular weight is 163 g/mol. The third kappa shape index (κ3) is 4.25. The summed E-state index contributed by atoms with van der Waals surface area (Å²) >= 11 is 0. The third-order valence-corrected chi connectivity index (χ3v) is 0.688. The highest BCUT2D eigenvalue weighted by molar-refractivity contribution is 6.36. The molecular formula is C7H10O4. The van der Waals surface area contributed by atoms with Crippen molar-refractivity contribution in [3.05, 3.63) is 0 Å². The summed E-state index contributed by atoms with van der Waals surface area (Å²) in [5, 5.41) is 0. The normalized spacial score (nSPS) is 18.1. The number of ketones is 2. The number of rotatable bonds is 4. The second kappa shape index (κ2) is 4.60. The average Bonchev–Trinajstić information content (AvgIpc) is 2.14. The van der Waals surface area contributed by atoms with Crippen LogP contribution in [0.25, 0.3) is 0 Å². The second-order valence-corrected chi connectivity index (χ2v) is 1.50. The molecule has 11 heavy (non-hydrogen) atoms. The molecule has 4 heteroatoms. The van der Waals surface area contributed by atoms with Gasteiger partial charge in [-0.25, -0.2) is 4.79 Å². The van der Waals surface area contributed by atoms with E-state index in [2.05, 4.69) is 4.74 Å². The summed E-state index contributed by atoms with van der Waals surface area (Å²) in [6.07, 6.45) is -3.39. The number of Topliss-reactive ketones (excluding diaryl/α,β-unsaturated/α-hetero) is 2. The monoisotopic (exact) mass is 163 g/mol. The van der Waals surface area contributed by atoms with Crippen LogP contribution in [0.1, 0.15) is 27.0 Å². The van der Waals surface area contributed by atoms with Gasteiger partial charge in [0.05, 0.1) is 13.0 Å². The number of hydrogen-bond donors (Lipinski definition) is 0. The molecule has 0 rings (SSSR count). The Bertz CT molecular complexity index is 319. The van der Waals surface area contributed by atoms with Gasteiger partial charge in [-0.2, -0.15) is 0 Å². The van der Waals surface area contributed by atoms with Crippen molar-refractivity contribution in [3.8, 4) is 0 Å². The molecule has 0 aromatic heterocycles. The smallest absolute Gasteiger partial charge is 0.375 e. The molecule has 0 fully saturated rings. The summed E-state index contributed by atoms with van der Waals surface area (Å²) in [4.78, 5) is 33.1. The summed E-state index contributed by atoms with van der Waals surface area (Å²) in [6, 6.07) is 0. The molecule has 0 heterocycles. The molecule has 0 aromatic carbocycles. The fourth-order valence-electron chi connectivity index (χ4n) is 0.351. The van der Waals surface area contributed by atoms with Crippen molar-refractivity contribution >= 4 is 17.5 Å². The molecule has 4 nitrogen and oxygen atoms in total. The molecule has 0 aliphatic rings. The Morgan fingerprint density at radius 2 is 2.18 bits per heavy atom. The maximum Gasteiger partial charge on any atom is 0.375 e. The quantitative estimate of drug-likeness (QED) is 0.335. The van der Waals surface area contributed by atoms with Gasteiger partial charge in [-0.3, -0.25) is 9.59 Å². The molecule has 0 unspecified atom stereocenters. The van der Waals surface area contributed by atoms with Crippen LogP contribution in [0.3, 0.4) is 0 Å². The molecule has 0 saturated heterocycles. The summed E-state index contributed by atoms with van der Waals surface area (Å²) in [7, 11) is 0. The Balaban J connectivity index is 5.00. The predicted octanol–water partition coefficient (Wildman–Crippen LogP) is 0.0977. The summed E-state index contributed by atoms with van der Waals surface area (Å²) in [5.41, 5.74) is 0. The molecule has 0 aromatic rings. The first-order chi connectivity index (χ1) is 7.05. The minimum absolute atomic E-state index is 0.178. The first-order valence-corrected chi connectivity index (χ1v) is 2.81. The number of carbonyl (C=O) groups is 3. The predicted molar refractivity (Wildman–Crippen MR) is 36.9 cm³/mol. The molecule has 62 valence electrons. The Morgan fingerprint density at radius 3 is 2.64 bits per heavy atom. The Labute approximate surface area is 71.6 Å². The van der Waals surface area contributed by atoms with Crippen molar-refractivity contribution in [2.75, 3.05) is 6.61 Å². The van der Waals surface area contributed by atoms with E-state index in [1.54, 1.807) is 0 Å². The molecule has 0 atom stereocenters. The van der Waals surface area contributed by atoms with Crippen molar-refractivity contribution in [1.29, 1.82) is 0 Å². The highest BCUT2D eigenvalue weighted by atomic mass is 16.5. The fraction of sp³-hybridized carbons (Fsp3) is 0.571. The SMILES string of the molecule is [2H]C([2H])([2H])C(=O)C([2H])([2H])C(=O)C(=O)OCC. The molecule has 0 N–H and O–H groups in total. The van der Waals surface area contributed by atoms with Crippen LogP contribution in [-0.2, 0) is 19.1 Å². The van der Waals surface area contributed by atoms with Gasteiger partial charge in [-0.15, -0.1) is 0 Å². The minimum Gasteiger partial charge on any atom is -0.460 e. The van der Waals surface area contributed by atoms with Crippen LogP contribution >= 0.6 is 0 Å². The van der Waals surface area contributed by atoms with Crippen LogP contribution < -0.4 is 0 Å². The van der Waals surface area contributed by atoms with Crippen LogP contribution in [0.4, 0.5) is 0 Å². The van der Waals surface area contributed by atoms with Crippen molar-refractivity contribution < 1.29 is 26.0 Å². The summed E-state index contributed by atoms with van der Waals surface area (Å²) in [5.74, 6) is -5.31. The maximum atomic E-state index is 11.1. The Kier molecular flexibility index (Phi) is 1.67. The topological polar surface area (TPSA) is 60.4 Å². The molecular weight excluding hydrogens is 148 g/mol. The molecule has 0 radical (unpaired) electrons.